The van der Waals surface area contributed by atoms with Gasteiger partial charge in [0.15, 0.2) is 5.82 Å². The van der Waals surface area contributed by atoms with Crippen molar-refractivity contribution in [3.05, 3.63) is 48.5 Å². The molecule has 0 atom stereocenters. The van der Waals surface area contributed by atoms with E-state index >= 15 is 0 Å². The average molecular weight is 224 g/mol. The van der Waals surface area contributed by atoms with Crippen molar-refractivity contribution < 1.29 is 0 Å². The lowest BCUT2D eigenvalue weighted by Crippen LogP contribution is -1.90. The Morgan fingerprint density at radius 2 is 1.88 bits per heavy atom. The van der Waals surface area contributed by atoms with Gasteiger partial charge in [0.25, 0.3) is 0 Å². The number of aromatic nitrogens is 2. The van der Waals surface area contributed by atoms with E-state index in [1.54, 1.807) is 0 Å². The van der Waals surface area contributed by atoms with E-state index in [-0.39, 0.29) is 0 Å². The van der Waals surface area contributed by atoms with Crippen molar-refractivity contribution in [3.8, 4) is 0 Å². The fourth-order valence-electron chi connectivity index (χ4n) is 1.79. The van der Waals surface area contributed by atoms with Crippen molar-refractivity contribution in [3.63, 3.8) is 0 Å². The quantitative estimate of drug-likeness (QED) is 0.586. The molecule has 0 unspecified atom stereocenters. The number of anilines is 3. The molecule has 0 amide bonds. The number of hydrogen-bond donors (Lipinski definition) is 3. The van der Waals surface area contributed by atoms with Crippen molar-refractivity contribution in [1.29, 1.82) is 0 Å². The number of nitrogens with zero attached hydrogens (tertiary/aromatic N) is 1. The van der Waals surface area contributed by atoms with Crippen LogP contribution in [0.15, 0.2) is 48.5 Å². The molecule has 4 nitrogen and oxygen atoms in total. The second kappa shape index (κ2) is 3.83. The van der Waals surface area contributed by atoms with E-state index in [2.05, 4.69) is 15.5 Å². The summed E-state index contributed by atoms with van der Waals surface area (Å²) in [7, 11) is 0. The first-order valence-electron chi connectivity index (χ1n) is 5.38. The number of H-pyrrole nitrogens is 1. The van der Waals surface area contributed by atoms with Gasteiger partial charge < -0.3 is 11.1 Å². The molecule has 4 N–H and O–H groups in total. The highest BCUT2D eigenvalue weighted by Crippen LogP contribution is 2.25. The van der Waals surface area contributed by atoms with E-state index in [0.717, 1.165) is 28.1 Å². The van der Waals surface area contributed by atoms with Crippen molar-refractivity contribution in [1.82, 2.24) is 10.2 Å². The van der Waals surface area contributed by atoms with E-state index < -0.39 is 0 Å². The Hall–Kier alpha value is -2.49. The first kappa shape index (κ1) is 9.72. The highest BCUT2D eigenvalue weighted by Gasteiger charge is 2.05. The van der Waals surface area contributed by atoms with Gasteiger partial charge in [-0.15, -0.1) is 0 Å². The van der Waals surface area contributed by atoms with Crippen molar-refractivity contribution in [2.24, 2.45) is 0 Å². The summed E-state index contributed by atoms with van der Waals surface area (Å²) in [5.41, 5.74) is 8.48. The number of hydrogen-bond acceptors (Lipinski definition) is 3. The minimum atomic E-state index is 0.731. The van der Waals surface area contributed by atoms with Gasteiger partial charge in [-0.05, 0) is 30.3 Å². The van der Waals surface area contributed by atoms with Gasteiger partial charge in [-0.2, -0.15) is 5.10 Å². The molecule has 2 aromatic carbocycles. The van der Waals surface area contributed by atoms with Crippen LogP contribution < -0.4 is 11.1 Å². The molecule has 3 aromatic rings. The number of benzene rings is 2. The lowest BCUT2D eigenvalue weighted by atomic mass is 10.2. The SMILES string of the molecule is Nc1ccc2[nH]nc(Nc3ccccc3)c2c1. The van der Waals surface area contributed by atoms with Crippen molar-refractivity contribution in [2.75, 3.05) is 11.1 Å². The Morgan fingerprint density at radius 3 is 2.71 bits per heavy atom. The molecule has 1 heterocycles. The molecule has 0 aliphatic carbocycles. The summed E-state index contributed by atoms with van der Waals surface area (Å²) in [5.74, 6) is 0.790. The van der Waals surface area contributed by atoms with Gasteiger partial charge in [-0.1, -0.05) is 18.2 Å². The summed E-state index contributed by atoms with van der Waals surface area (Å²) < 4.78 is 0. The van der Waals surface area contributed by atoms with Gasteiger partial charge in [-0.3, -0.25) is 5.10 Å². The Balaban J connectivity index is 2.03. The van der Waals surface area contributed by atoms with Crippen LogP contribution >= 0.6 is 0 Å². The minimum absolute atomic E-state index is 0.731. The molecule has 3 rings (SSSR count). The van der Waals surface area contributed by atoms with E-state index in [4.69, 9.17) is 5.73 Å². The number of para-hydroxylation sites is 1. The molecule has 0 aliphatic heterocycles. The van der Waals surface area contributed by atoms with E-state index in [1.165, 1.54) is 0 Å². The summed E-state index contributed by atoms with van der Waals surface area (Å²) in [4.78, 5) is 0. The maximum atomic E-state index is 5.78. The van der Waals surface area contributed by atoms with Crippen LogP contribution in [0.4, 0.5) is 17.2 Å². The minimum Gasteiger partial charge on any atom is -0.399 e. The molecule has 84 valence electrons. The number of rotatable bonds is 2. The van der Waals surface area contributed by atoms with Gasteiger partial charge >= 0.3 is 0 Å². The molecule has 17 heavy (non-hydrogen) atoms. The second-order valence-corrected chi connectivity index (χ2v) is 3.87. The highest BCUT2D eigenvalue weighted by molar-refractivity contribution is 5.93. The lowest BCUT2D eigenvalue weighted by molar-refractivity contribution is 1.12. The van der Waals surface area contributed by atoms with Crippen LogP contribution in [0.5, 0.6) is 0 Å². The third-order valence-electron chi connectivity index (χ3n) is 2.62. The van der Waals surface area contributed by atoms with Crippen LogP contribution in [0.2, 0.25) is 0 Å². The van der Waals surface area contributed by atoms with Crippen LogP contribution in [-0.2, 0) is 0 Å². The molecule has 0 bridgehead atoms. The molecule has 0 radical (unpaired) electrons. The van der Waals surface area contributed by atoms with Crippen LogP contribution in [0.1, 0.15) is 0 Å². The first-order valence-corrected chi connectivity index (χ1v) is 5.38. The first-order chi connectivity index (χ1) is 8.33. The third-order valence-corrected chi connectivity index (χ3v) is 2.62. The zero-order valence-electron chi connectivity index (χ0n) is 9.14. The monoisotopic (exact) mass is 224 g/mol. The molecule has 0 spiro atoms. The van der Waals surface area contributed by atoms with Crippen LogP contribution in [0.25, 0.3) is 10.9 Å². The second-order valence-electron chi connectivity index (χ2n) is 3.87. The third kappa shape index (κ3) is 1.80. The summed E-state index contributed by atoms with van der Waals surface area (Å²) in [6, 6.07) is 15.6. The zero-order chi connectivity index (χ0) is 11.7. The number of aromatic amines is 1. The number of nitrogens with one attached hydrogen (secondary N) is 2. The predicted octanol–water partition coefficient (Wildman–Crippen LogP) is 2.89. The van der Waals surface area contributed by atoms with Gasteiger partial charge in [-0.25, -0.2) is 0 Å². The fraction of sp³-hybridized carbons (Fsp3) is 0. The summed E-state index contributed by atoms with van der Waals surface area (Å²) >= 11 is 0. The van der Waals surface area contributed by atoms with Crippen LogP contribution in [-0.4, -0.2) is 10.2 Å². The molecule has 4 heteroatoms. The van der Waals surface area contributed by atoms with Gasteiger partial charge in [0, 0.05) is 16.8 Å². The van der Waals surface area contributed by atoms with Crippen LogP contribution in [0.3, 0.4) is 0 Å². The Bertz CT molecular complexity index is 643. The summed E-state index contributed by atoms with van der Waals surface area (Å²) in [6.45, 7) is 0. The normalized spacial score (nSPS) is 10.6. The van der Waals surface area contributed by atoms with Gasteiger partial charge in [0.05, 0.1) is 5.52 Å². The van der Waals surface area contributed by atoms with Crippen molar-refractivity contribution >= 4 is 28.1 Å². The molecule has 0 saturated carbocycles. The fourth-order valence-corrected chi connectivity index (χ4v) is 1.79. The average Bonchev–Trinajstić information content (AvgIpc) is 2.73. The number of nitrogens with two attached hydrogens (primary N) is 1. The van der Waals surface area contributed by atoms with E-state index in [1.807, 2.05) is 48.5 Å². The maximum absolute atomic E-state index is 5.78. The molecule has 0 saturated heterocycles. The summed E-state index contributed by atoms with van der Waals surface area (Å²) in [5, 5.41) is 11.5. The molecule has 0 fully saturated rings. The standard InChI is InChI=1S/C13H12N4/c14-9-6-7-12-11(8-9)13(17-16-12)15-10-4-2-1-3-5-10/h1-8H,14H2,(H2,15,16,17). The Morgan fingerprint density at radius 1 is 1.06 bits per heavy atom. The molecular formula is C13H12N4. The van der Waals surface area contributed by atoms with Gasteiger partial charge in [0.2, 0.25) is 0 Å². The molecule has 0 aliphatic rings. The van der Waals surface area contributed by atoms with E-state index in [9.17, 15) is 0 Å². The largest absolute Gasteiger partial charge is 0.399 e. The van der Waals surface area contributed by atoms with E-state index in [0.29, 0.717) is 0 Å². The van der Waals surface area contributed by atoms with Crippen molar-refractivity contribution in [2.45, 2.75) is 0 Å². The maximum Gasteiger partial charge on any atom is 0.160 e. The topological polar surface area (TPSA) is 66.7 Å². The molecule has 1 aromatic heterocycles. The number of nitrogen functional groups attached to an aromatic ring is 1. The van der Waals surface area contributed by atoms with Gasteiger partial charge in [0.1, 0.15) is 0 Å². The number of fused-ring (bicyclic) bond motifs is 1. The zero-order valence-corrected chi connectivity index (χ0v) is 9.14. The smallest absolute Gasteiger partial charge is 0.160 e. The molecular weight excluding hydrogens is 212 g/mol. The predicted molar refractivity (Wildman–Crippen MR) is 70.2 cm³/mol. The Kier molecular flexibility index (Phi) is 2.19. The lowest BCUT2D eigenvalue weighted by Gasteiger charge is -2.02. The van der Waals surface area contributed by atoms with Crippen LogP contribution in [0, 0.1) is 0 Å². The Labute approximate surface area is 98.5 Å². The highest BCUT2D eigenvalue weighted by atomic mass is 15.2. The summed E-state index contributed by atoms with van der Waals surface area (Å²) in [6.07, 6.45) is 0.